The molecule has 2 nitrogen and oxygen atoms in total. The second-order valence-corrected chi connectivity index (χ2v) is 6.86. The molecule has 1 heterocycles. The second-order valence-electron chi connectivity index (χ2n) is 6.86. The van der Waals surface area contributed by atoms with E-state index in [1.165, 1.54) is 70.1 Å². The minimum atomic E-state index is 0.514. The van der Waals surface area contributed by atoms with Crippen LogP contribution in [0.2, 0.25) is 0 Å². The van der Waals surface area contributed by atoms with Crippen LogP contribution in [0.4, 0.5) is 0 Å². The molecular formula is C19H30N2. The van der Waals surface area contributed by atoms with E-state index < -0.39 is 0 Å². The molecule has 0 amide bonds. The smallest absolute Gasteiger partial charge is 0.0449 e. The van der Waals surface area contributed by atoms with Gasteiger partial charge in [-0.1, -0.05) is 62.4 Å². The fraction of sp³-hybridized carbons (Fsp3) is 0.684. The summed E-state index contributed by atoms with van der Waals surface area (Å²) in [5, 5.41) is 3.72. The molecule has 2 aliphatic rings. The molecule has 2 heteroatoms. The number of hydrogen-bond donors (Lipinski definition) is 1. The third kappa shape index (κ3) is 4.55. The van der Waals surface area contributed by atoms with Crippen LogP contribution in [0, 0.1) is 5.92 Å². The molecule has 1 aliphatic carbocycles. The Morgan fingerprint density at radius 1 is 1.00 bits per heavy atom. The SMILES string of the molecule is c1ccc(C2CN(CCC3CCCCC3)CCCN2)cc1. The first-order valence-electron chi connectivity index (χ1n) is 8.92. The molecule has 1 unspecified atom stereocenters. The van der Waals surface area contributed by atoms with Gasteiger partial charge in [0.1, 0.15) is 0 Å². The fourth-order valence-corrected chi connectivity index (χ4v) is 3.95. The Bertz CT molecular complexity index is 397. The first-order chi connectivity index (χ1) is 10.4. The molecule has 1 N–H and O–H groups in total. The topological polar surface area (TPSA) is 15.3 Å². The molecule has 0 radical (unpaired) electrons. The highest BCUT2D eigenvalue weighted by molar-refractivity contribution is 5.19. The zero-order valence-electron chi connectivity index (χ0n) is 13.3. The average Bonchev–Trinajstić information content (AvgIpc) is 2.80. The van der Waals surface area contributed by atoms with Crippen LogP contribution < -0.4 is 5.32 Å². The Kier molecular flexibility index (Phi) is 5.70. The fourth-order valence-electron chi connectivity index (χ4n) is 3.95. The summed E-state index contributed by atoms with van der Waals surface area (Å²) in [7, 11) is 0. The zero-order chi connectivity index (χ0) is 14.3. The first kappa shape index (κ1) is 15.1. The van der Waals surface area contributed by atoms with Gasteiger partial charge in [0.05, 0.1) is 0 Å². The lowest BCUT2D eigenvalue weighted by atomic mass is 9.87. The lowest BCUT2D eigenvalue weighted by Gasteiger charge is -2.28. The van der Waals surface area contributed by atoms with Crippen LogP contribution in [-0.4, -0.2) is 31.1 Å². The van der Waals surface area contributed by atoms with Gasteiger partial charge in [-0.25, -0.2) is 0 Å². The summed E-state index contributed by atoms with van der Waals surface area (Å²) in [4.78, 5) is 2.70. The summed E-state index contributed by atoms with van der Waals surface area (Å²) < 4.78 is 0. The van der Waals surface area contributed by atoms with Crippen molar-refractivity contribution in [1.82, 2.24) is 10.2 Å². The lowest BCUT2D eigenvalue weighted by Crippen LogP contribution is -2.33. The van der Waals surface area contributed by atoms with E-state index in [4.69, 9.17) is 0 Å². The van der Waals surface area contributed by atoms with E-state index in [9.17, 15) is 0 Å². The molecule has 21 heavy (non-hydrogen) atoms. The Morgan fingerprint density at radius 2 is 1.81 bits per heavy atom. The summed E-state index contributed by atoms with van der Waals surface area (Å²) in [6.45, 7) is 4.90. The van der Waals surface area contributed by atoms with Crippen molar-refractivity contribution in [2.75, 3.05) is 26.2 Å². The predicted molar refractivity (Wildman–Crippen MR) is 89.4 cm³/mol. The molecule has 1 aromatic rings. The average molecular weight is 286 g/mol. The van der Waals surface area contributed by atoms with Crippen LogP contribution in [0.15, 0.2) is 30.3 Å². The molecular weight excluding hydrogens is 256 g/mol. The predicted octanol–water partition coefficient (Wildman–Crippen LogP) is 3.99. The molecule has 3 rings (SSSR count). The van der Waals surface area contributed by atoms with Crippen molar-refractivity contribution in [3.8, 4) is 0 Å². The molecule has 1 saturated carbocycles. The molecule has 1 atom stereocenters. The van der Waals surface area contributed by atoms with Gasteiger partial charge in [-0.2, -0.15) is 0 Å². The molecule has 0 aromatic heterocycles. The van der Waals surface area contributed by atoms with E-state index in [1.54, 1.807) is 0 Å². The molecule has 0 spiro atoms. The highest BCUT2D eigenvalue weighted by Gasteiger charge is 2.20. The maximum absolute atomic E-state index is 3.72. The standard InChI is InChI=1S/C19H30N2/c1-3-8-17(9-4-1)12-15-21-14-7-13-20-19(16-21)18-10-5-2-6-11-18/h2,5-6,10-11,17,19-20H,1,3-4,7-9,12-16H2. The zero-order valence-corrected chi connectivity index (χ0v) is 13.3. The van der Waals surface area contributed by atoms with Gasteiger partial charge in [0, 0.05) is 12.6 Å². The maximum Gasteiger partial charge on any atom is 0.0449 e. The van der Waals surface area contributed by atoms with Gasteiger partial charge in [0.2, 0.25) is 0 Å². The quantitative estimate of drug-likeness (QED) is 0.900. The van der Waals surface area contributed by atoms with Crippen LogP contribution in [0.1, 0.15) is 56.6 Å². The Balaban J connectivity index is 1.52. The monoisotopic (exact) mass is 286 g/mol. The third-order valence-corrected chi connectivity index (χ3v) is 5.26. The van der Waals surface area contributed by atoms with Gasteiger partial charge in [0.25, 0.3) is 0 Å². The van der Waals surface area contributed by atoms with Crippen LogP contribution in [0.25, 0.3) is 0 Å². The van der Waals surface area contributed by atoms with E-state index in [0.29, 0.717) is 6.04 Å². The van der Waals surface area contributed by atoms with Gasteiger partial charge >= 0.3 is 0 Å². The van der Waals surface area contributed by atoms with Crippen LogP contribution in [0.3, 0.4) is 0 Å². The summed E-state index contributed by atoms with van der Waals surface area (Å²) in [6.07, 6.45) is 10.1. The number of benzene rings is 1. The van der Waals surface area contributed by atoms with E-state index in [0.717, 1.165) is 12.5 Å². The van der Waals surface area contributed by atoms with Gasteiger partial charge in [-0.3, -0.25) is 0 Å². The summed E-state index contributed by atoms with van der Waals surface area (Å²) in [5.74, 6) is 1.00. The first-order valence-corrected chi connectivity index (χ1v) is 8.92. The van der Waals surface area contributed by atoms with Crippen molar-refractivity contribution in [3.05, 3.63) is 35.9 Å². The van der Waals surface area contributed by atoms with E-state index in [1.807, 2.05) is 0 Å². The van der Waals surface area contributed by atoms with Crippen LogP contribution in [-0.2, 0) is 0 Å². The highest BCUT2D eigenvalue weighted by atomic mass is 15.2. The van der Waals surface area contributed by atoms with Crippen molar-refractivity contribution in [1.29, 1.82) is 0 Å². The van der Waals surface area contributed by atoms with E-state index in [-0.39, 0.29) is 0 Å². The molecule has 1 aromatic carbocycles. The van der Waals surface area contributed by atoms with E-state index in [2.05, 4.69) is 40.5 Å². The summed E-state index contributed by atoms with van der Waals surface area (Å²) in [5.41, 5.74) is 1.45. The van der Waals surface area contributed by atoms with Crippen LogP contribution >= 0.6 is 0 Å². The van der Waals surface area contributed by atoms with Gasteiger partial charge < -0.3 is 10.2 Å². The van der Waals surface area contributed by atoms with E-state index >= 15 is 0 Å². The van der Waals surface area contributed by atoms with Gasteiger partial charge in [-0.05, 0) is 44.0 Å². The molecule has 0 bridgehead atoms. The largest absolute Gasteiger partial charge is 0.309 e. The normalized spacial score (nSPS) is 25.6. The molecule has 2 fully saturated rings. The Labute approximate surface area is 129 Å². The lowest BCUT2D eigenvalue weighted by molar-refractivity contribution is 0.228. The minimum absolute atomic E-state index is 0.514. The minimum Gasteiger partial charge on any atom is -0.309 e. The van der Waals surface area contributed by atoms with Crippen molar-refractivity contribution in [3.63, 3.8) is 0 Å². The van der Waals surface area contributed by atoms with Crippen molar-refractivity contribution in [2.45, 2.75) is 51.0 Å². The van der Waals surface area contributed by atoms with Crippen molar-refractivity contribution in [2.24, 2.45) is 5.92 Å². The molecule has 1 aliphatic heterocycles. The van der Waals surface area contributed by atoms with Crippen molar-refractivity contribution < 1.29 is 0 Å². The third-order valence-electron chi connectivity index (χ3n) is 5.26. The van der Waals surface area contributed by atoms with Gasteiger partial charge in [-0.15, -0.1) is 0 Å². The highest BCUT2D eigenvalue weighted by Crippen LogP contribution is 2.27. The summed E-state index contributed by atoms with van der Waals surface area (Å²) >= 11 is 0. The number of nitrogens with zero attached hydrogens (tertiary/aromatic N) is 1. The number of nitrogens with one attached hydrogen (secondary N) is 1. The van der Waals surface area contributed by atoms with Crippen LogP contribution in [0.5, 0.6) is 0 Å². The summed E-state index contributed by atoms with van der Waals surface area (Å²) in [6, 6.07) is 11.5. The number of hydrogen-bond acceptors (Lipinski definition) is 2. The van der Waals surface area contributed by atoms with Crippen molar-refractivity contribution >= 4 is 0 Å². The molecule has 1 saturated heterocycles. The van der Waals surface area contributed by atoms with Gasteiger partial charge in [0.15, 0.2) is 0 Å². The second kappa shape index (κ2) is 7.95. The molecule has 116 valence electrons. The maximum atomic E-state index is 3.72. The Hall–Kier alpha value is -0.860. The Morgan fingerprint density at radius 3 is 2.62 bits per heavy atom. The number of rotatable bonds is 4.